The van der Waals surface area contributed by atoms with Gasteiger partial charge in [-0.2, -0.15) is 0 Å². The maximum Gasteiger partial charge on any atom is 0.337 e. The summed E-state index contributed by atoms with van der Waals surface area (Å²) in [5.41, 5.74) is 1.85. The van der Waals surface area contributed by atoms with Gasteiger partial charge in [0, 0.05) is 11.1 Å². The lowest BCUT2D eigenvalue weighted by molar-refractivity contribution is -0.00278. The van der Waals surface area contributed by atoms with Gasteiger partial charge >= 0.3 is 11.9 Å². The summed E-state index contributed by atoms with van der Waals surface area (Å²) in [6, 6.07) is 12.7. The molecule has 0 spiro atoms. The minimum absolute atomic E-state index is 0.143. The van der Waals surface area contributed by atoms with Gasteiger partial charge < -0.3 is 10.2 Å². The molecule has 2 aromatic rings. The Morgan fingerprint density at radius 2 is 1.38 bits per heavy atom. The minimum Gasteiger partial charge on any atom is -0.478 e. The highest BCUT2D eigenvalue weighted by Crippen LogP contribution is 2.59. The summed E-state index contributed by atoms with van der Waals surface area (Å²) in [6.07, 6.45) is 7.06. The summed E-state index contributed by atoms with van der Waals surface area (Å²) in [7, 11) is 0. The Kier molecular flexibility index (Phi) is 5.24. The Morgan fingerprint density at radius 3 is 1.97 bits per heavy atom. The van der Waals surface area contributed by atoms with Crippen LogP contribution < -0.4 is 0 Å². The average Bonchev–Trinajstić information content (AvgIpc) is 2.76. The molecule has 0 heterocycles. The first-order chi connectivity index (χ1) is 15.5. The molecular formula is C28H24O4. The van der Waals surface area contributed by atoms with Crippen LogP contribution in [-0.2, 0) is 0 Å². The van der Waals surface area contributed by atoms with Crippen LogP contribution in [-0.4, -0.2) is 22.2 Å². The van der Waals surface area contributed by atoms with E-state index in [4.69, 9.17) is 0 Å². The predicted molar refractivity (Wildman–Crippen MR) is 120 cm³/mol. The van der Waals surface area contributed by atoms with Crippen LogP contribution in [0.3, 0.4) is 0 Å². The molecule has 0 saturated heterocycles. The quantitative estimate of drug-likeness (QED) is 0.678. The van der Waals surface area contributed by atoms with Gasteiger partial charge in [-0.15, -0.1) is 0 Å². The lowest BCUT2D eigenvalue weighted by Gasteiger charge is -2.54. The predicted octanol–water partition coefficient (Wildman–Crippen LogP) is 5.03. The van der Waals surface area contributed by atoms with Gasteiger partial charge in [-0.3, -0.25) is 0 Å². The van der Waals surface area contributed by atoms with Crippen LogP contribution >= 0.6 is 0 Å². The Morgan fingerprint density at radius 1 is 0.750 bits per heavy atom. The smallest absolute Gasteiger partial charge is 0.337 e. The van der Waals surface area contributed by atoms with E-state index in [2.05, 4.69) is 35.8 Å². The van der Waals surface area contributed by atoms with Crippen molar-refractivity contribution in [2.24, 2.45) is 23.7 Å². The number of hydrogen-bond acceptors (Lipinski definition) is 2. The van der Waals surface area contributed by atoms with Crippen molar-refractivity contribution in [2.45, 2.75) is 38.0 Å². The normalized spacial score (nSPS) is 27.1. The van der Waals surface area contributed by atoms with Crippen LogP contribution in [0.1, 0.15) is 75.4 Å². The SMILES string of the molecule is O=C(O)c1cccc(C#CC#Cc2ccc(C3C4CC5CC(C4)CC3C5)cc2)c1C(=O)O. The van der Waals surface area contributed by atoms with Gasteiger partial charge in [0.15, 0.2) is 0 Å². The Hall–Kier alpha value is -3.50. The zero-order valence-electron chi connectivity index (χ0n) is 17.7. The maximum atomic E-state index is 11.5. The van der Waals surface area contributed by atoms with E-state index >= 15 is 0 Å². The van der Waals surface area contributed by atoms with E-state index in [1.807, 2.05) is 12.1 Å². The summed E-state index contributed by atoms with van der Waals surface area (Å²) < 4.78 is 0. The van der Waals surface area contributed by atoms with Crippen LogP contribution in [0.5, 0.6) is 0 Å². The summed E-state index contributed by atoms with van der Waals surface area (Å²) in [6.45, 7) is 0. The van der Waals surface area contributed by atoms with Gasteiger partial charge in [-0.25, -0.2) is 9.59 Å². The Bertz CT molecular complexity index is 1170. The number of rotatable bonds is 3. The van der Waals surface area contributed by atoms with E-state index in [1.165, 1.54) is 55.9 Å². The number of benzene rings is 2. The van der Waals surface area contributed by atoms with Crippen LogP contribution in [0, 0.1) is 47.4 Å². The zero-order valence-corrected chi connectivity index (χ0v) is 17.7. The van der Waals surface area contributed by atoms with Crippen molar-refractivity contribution in [3.05, 3.63) is 70.3 Å². The Labute approximate surface area is 187 Å². The second kappa shape index (κ2) is 8.21. The molecule has 4 aliphatic rings. The monoisotopic (exact) mass is 424 g/mol. The molecule has 4 saturated carbocycles. The number of aromatic carboxylic acids is 2. The van der Waals surface area contributed by atoms with Gasteiger partial charge in [0.05, 0.1) is 11.1 Å². The van der Waals surface area contributed by atoms with Crippen molar-refractivity contribution in [3.63, 3.8) is 0 Å². The molecule has 4 fully saturated rings. The first-order valence-corrected chi connectivity index (χ1v) is 11.2. The van der Waals surface area contributed by atoms with Crippen molar-refractivity contribution in [3.8, 4) is 23.7 Å². The highest BCUT2D eigenvalue weighted by Gasteiger charge is 2.48. The number of carboxylic acids is 2. The molecule has 4 heteroatoms. The van der Waals surface area contributed by atoms with Crippen molar-refractivity contribution in [1.82, 2.24) is 0 Å². The fraction of sp³-hybridized carbons (Fsp3) is 0.357. The molecule has 0 aromatic heterocycles. The second-order valence-electron chi connectivity index (χ2n) is 9.42. The first kappa shape index (κ1) is 20.4. The molecule has 32 heavy (non-hydrogen) atoms. The van der Waals surface area contributed by atoms with E-state index < -0.39 is 11.9 Å². The molecule has 6 rings (SSSR count). The van der Waals surface area contributed by atoms with Gasteiger partial charge in [-0.05, 0) is 103 Å². The maximum absolute atomic E-state index is 11.5. The third kappa shape index (κ3) is 3.78. The highest BCUT2D eigenvalue weighted by molar-refractivity contribution is 6.03. The number of hydrogen-bond donors (Lipinski definition) is 2. The molecule has 0 unspecified atom stereocenters. The first-order valence-electron chi connectivity index (χ1n) is 11.2. The largest absolute Gasteiger partial charge is 0.478 e. The van der Waals surface area contributed by atoms with Crippen molar-refractivity contribution >= 4 is 11.9 Å². The molecular weight excluding hydrogens is 400 g/mol. The molecule has 2 N–H and O–H groups in total. The van der Waals surface area contributed by atoms with Crippen molar-refractivity contribution in [2.75, 3.05) is 0 Å². The van der Waals surface area contributed by atoms with E-state index in [0.717, 1.165) is 29.2 Å². The topological polar surface area (TPSA) is 74.6 Å². The molecule has 4 nitrogen and oxygen atoms in total. The lowest BCUT2D eigenvalue weighted by atomic mass is 9.51. The summed E-state index contributed by atoms with van der Waals surface area (Å²) in [5, 5.41) is 18.6. The second-order valence-corrected chi connectivity index (χ2v) is 9.42. The van der Waals surface area contributed by atoms with Gasteiger partial charge in [0.1, 0.15) is 0 Å². The minimum atomic E-state index is -1.32. The molecule has 4 aliphatic carbocycles. The fourth-order valence-electron chi connectivity index (χ4n) is 6.53. The lowest BCUT2D eigenvalue weighted by Crippen LogP contribution is -2.43. The van der Waals surface area contributed by atoms with E-state index in [1.54, 1.807) is 0 Å². The highest BCUT2D eigenvalue weighted by atomic mass is 16.4. The van der Waals surface area contributed by atoms with Crippen LogP contribution in [0.2, 0.25) is 0 Å². The molecule has 0 amide bonds. The third-order valence-electron chi connectivity index (χ3n) is 7.50. The molecule has 0 atom stereocenters. The van der Waals surface area contributed by atoms with Gasteiger partial charge in [0.2, 0.25) is 0 Å². The zero-order chi connectivity index (χ0) is 22.2. The summed E-state index contributed by atoms with van der Waals surface area (Å²) in [4.78, 5) is 22.8. The average molecular weight is 424 g/mol. The third-order valence-corrected chi connectivity index (χ3v) is 7.50. The van der Waals surface area contributed by atoms with Crippen LogP contribution in [0.15, 0.2) is 42.5 Å². The molecule has 4 bridgehead atoms. The Balaban J connectivity index is 1.32. The molecule has 2 aromatic carbocycles. The van der Waals surface area contributed by atoms with E-state index in [9.17, 15) is 19.8 Å². The van der Waals surface area contributed by atoms with Gasteiger partial charge in [-0.1, -0.05) is 30.0 Å². The summed E-state index contributed by atoms with van der Waals surface area (Å²) >= 11 is 0. The molecule has 0 radical (unpaired) electrons. The van der Waals surface area contributed by atoms with E-state index in [0.29, 0.717) is 5.92 Å². The van der Waals surface area contributed by atoms with Gasteiger partial charge in [0.25, 0.3) is 0 Å². The van der Waals surface area contributed by atoms with Crippen molar-refractivity contribution in [1.29, 1.82) is 0 Å². The standard InChI is InChI=1S/C28H24O4/c29-27(30)24-7-3-6-20(26(24)28(31)32)5-2-1-4-17-8-10-21(11-9-17)25-22-13-18-12-19(15-22)16-23(25)14-18/h3,6-11,18-19,22-23,25H,12-16H2,(H,29,30)(H,31,32). The van der Waals surface area contributed by atoms with Crippen LogP contribution in [0.25, 0.3) is 0 Å². The van der Waals surface area contributed by atoms with E-state index in [-0.39, 0.29) is 16.7 Å². The van der Waals surface area contributed by atoms with Crippen LogP contribution in [0.4, 0.5) is 0 Å². The summed E-state index contributed by atoms with van der Waals surface area (Å²) in [5.74, 6) is 12.8. The van der Waals surface area contributed by atoms with Crippen molar-refractivity contribution < 1.29 is 19.8 Å². The number of carbonyl (C=O) groups is 2. The molecule has 160 valence electrons. The number of carboxylic acid groups (broad SMARTS) is 2. The molecule has 0 aliphatic heterocycles. The fourth-order valence-corrected chi connectivity index (χ4v) is 6.53.